The molecule has 0 atom stereocenters. The summed E-state index contributed by atoms with van der Waals surface area (Å²) in [6, 6.07) is 13.4. The van der Waals surface area contributed by atoms with Crippen LogP contribution in [0.2, 0.25) is 0 Å². The molecule has 2 aromatic carbocycles. The van der Waals surface area contributed by atoms with Gasteiger partial charge >= 0.3 is 0 Å². The molecule has 0 saturated carbocycles. The normalized spacial score (nSPS) is 10.6. The SMILES string of the molecule is CCn1c(CCNC(=O)c2ccc(OC)cc2)nnc1SCc1ccc([N+](=O)[O-])cc1. The van der Waals surface area contributed by atoms with E-state index < -0.39 is 4.92 Å². The Kier molecular flexibility index (Phi) is 7.60. The van der Waals surface area contributed by atoms with E-state index in [1.165, 1.54) is 23.9 Å². The standard InChI is InChI=1S/C21H23N5O4S/c1-3-25-19(12-13-22-20(27)16-6-10-18(30-2)11-7-16)23-24-21(25)31-14-15-4-8-17(9-5-15)26(28)29/h4-11H,3,12-14H2,1-2H3,(H,22,27). The van der Waals surface area contributed by atoms with Gasteiger partial charge in [-0.05, 0) is 36.8 Å². The number of thioether (sulfide) groups is 1. The highest BCUT2D eigenvalue weighted by Crippen LogP contribution is 2.23. The summed E-state index contributed by atoms with van der Waals surface area (Å²) >= 11 is 1.52. The molecule has 3 aromatic rings. The number of hydrogen-bond acceptors (Lipinski definition) is 7. The maximum Gasteiger partial charge on any atom is 0.269 e. The van der Waals surface area contributed by atoms with E-state index in [0.29, 0.717) is 36.6 Å². The Bertz CT molecular complexity index is 1030. The lowest BCUT2D eigenvalue weighted by molar-refractivity contribution is -0.384. The van der Waals surface area contributed by atoms with E-state index in [2.05, 4.69) is 15.5 Å². The molecule has 10 heteroatoms. The maximum atomic E-state index is 12.3. The minimum Gasteiger partial charge on any atom is -0.497 e. The average molecular weight is 442 g/mol. The number of benzene rings is 2. The number of aromatic nitrogens is 3. The Hall–Kier alpha value is -3.40. The molecule has 1 aromatic heterocycles. The van der Waals surface area contributed by atoms with Crippen molar-refractivity contribution in [2.24, 2.45) is 0 Å². The second-order valence-corrected chi connectivity index (χ2v) is 7.53. The van der Waals surface area contributed by atoms with Gasteiger partial charge in [-0.1, -0.05) is 23.9 Å². The summed E-state index contributed by atoms with van der Waals surface area (Å²) in [4.78, 5) is 22.6. The second kappa shape index (κ2) is 10.6. The van der Waals surface area contributed by atoms with Crippen LogP contribution in [0.1, 0.15) is 28.7 Å². The molecule has 0 spiro atoms. The van der Waals surface area contributed by atoms with Gasteiger partial charge in [-0.15, -0.1) is 10.2 Å². The van der Waals surface area contributed by atoms with Crippen molar-refractivity contribution in [2.75, 3.05) is 13.7 Å². The zero-order valence-electron chi connectivity index (χ0n) is 17.3. The Labute approximate surface area is 184 Å². The number of nitrogens with one attached hydrogen (secondary N) is 1. The molecular weight excluding hydrogens is 418 g/mol. The average Bonchev–Trinajstić information content (AvgIpc) is 3.19. The first-order valence-electron chi connectivity index (χ1n) is 9.72. The smallest absolute Gasteiger partial charge is 0.269 e. The topological polar surface area (TPSA) is 112 Å². The molecule has 1 heterocycles. The number of hydrogen-bond donors (Lipinski definition) is 1. The Morgan fingerprint density at radius 2 is 1.87 bits per heavy atom. The monoisotopic (exact) mass is 441 g/mol. The number of non-ortho nitro benzene ring substituents is 1. The number of nitrogens with zero attached hydrogens (tertiary/aromatic N) is 4. The molecule has 3 rings (SSSR count). The van der Waals surface area contributed by atoms with Crippen molar-refractivity contribution in [1.29, 1.82) is 0 Å². The van der Waals surface area contributed by atoms with Crippen LogP contribution in [0.4, 0.5) is 5.69 Å². The van der Waals surface area contributed by atoms with Crippen molar-refractivity contribution >= 4 is 23.4 Å². The molecule has 162 valence electrons. The predicted octanol–water partition coefficient (Wildman–Crippen LogP) is 3.48. The number of carbonyl (C=O) groups is 1. The summed E-state index contributed by atoms with van der Waals surface area (Å²) in [5, 5.41) is 23.0. The highest BCUT2D eigenvalue weighted by Gasteiger charge is 2.13. The summed E-state index contributed by atoms with van der Waals surface area (Å²) in [7, 11) is 1.58. The van der Waals surface area contributed by atoms with Crippen molar-refractivity contribution in [3.8, 4) is 5.75 Å². The lowest BCUT2D eigenvalue weighted by atomic mass is 10.2. The van der Waals surface area contributed by atoms with Crippen molar-refractivity contribution in [2.45, 2.75) is 30.8 Å². The van der Waals surface area contributed by atoms with E-state index in [-0.39, 0.29) is 11.6 Å². The number of rotatable bonds is 10. The molecule has 9 nitrogen and oxygen atoms in total. The van der Waals surface area contributed by atoms with Gasteiger partial charge in [0, 0.05) is 43.0 Å². The Morgan fingerprint density at radius 3 is 2.48 bits per heavy atom. The van der Waals surface area contributed by atoms with Crippen molar-refractivity contribution in [1.82, 2.24) is 20.1 Å². The maximum absolute atomic E-state index is 12.3. The summed E-state index contributed by atoms with van der Waals surface area (Å²) in [5.74, 6) is 1.97. The Balaban J connectivity index is 1.54. The van der Waals surface area contributed by atoms with Gasteiger partial charge < -0.3 is 14.6 Å². The highest BCUT2D eigenvalue weighted by molar-refractivity contribution is 7.98. The molecule has 0 aliphatic carbocycles. The molecule has 0 fully saturated rings. The lowest BCUT2D eigenvalue weighted by Crippen LogP contribution is -2.26. The number of amides is 1. The van der Waals surface area contributed by atoms with Gasteiger partial charge in [-0.25, -0.2) is 0 Å². The van der Waals surface area contributed by atoms with E-state index in [1.54, 1.807) is 43.5 Å². The first-order valence-corrected chi connectivity index (χ1v) is 10.7. The Morgan fingerprint density at radius 1 is 1.16 bits per heavy atom. The minimum atomic E-state index is -0.412. The van der Waals surface area contributed by atoms with Crippen LogP contribution in [0.25, 0.3) is 0 Å². The molecule has 31 heavy (non-hydrogen) atoms. The highest BCUT2D eigenvalue weighted by atomic mass is 32.2. The van der Waals surface area contributed by atoms with Crippen molar-refractivity contribution in [3.05, 3.63) is 75.6 Å². The van der Waals surface area contributed by atoms with Gasteiger partial charge in [-0.3, -0.25) is 14.9 Å². The van der Waals surface area contributed by atoms with Gasteiger partial charge in [0.2, 0.25) is 0 Å². The van der Waals surface area contributed by atoms with Gasteiger partial charge in [0.25, 0.3) is 11.6 Å². The van der Waals surface area contributed by atoms with E-state index in [4.69, 9.17) is 4.74 Å². The first-order chi connectivity index (χ1) is 15.0. The number of ether oxygens (including phenoxy) is 1. The van der Waals surface area contributed by atoms with Crippen LogP contribution in [0.15, 0.2) is 53.7 Å². The summed E-state index contributed by atoms with van der Waals surface area (Å²) in [5.41, 5.74) is 1.61. The second-order valence-electron chi connectivity index (χ2n) is 6.59. The largest absolute Gasteiger partial charge is 0.497 e. The summed E-state index contributed by atoms with van der Waals surface area (Å²) < 4.78 is 7.11. The van der Waals surface area contributed by atoms with Crippen LogP contribution in [-0.2, 0) is 18.7 Å². The third-order valence-electron chi connectivity index (χ3n) is 4.61. The zero-order valence-corrected chi connectivity index (χ0v) is 18.1. The van der Waals surface area contributed by atoms with Crippen LogP contribution in [-0.4, -0.2) is 39.2 Å². The van der Waals surface area contributed by atoms with Gasteiger partial charge in [-0.2, -0.15) is 0 Å². The van der Waals surface area contributed by atoms with Crippen LogP contribution < -0.4 is 10.1 Å². The first kappa shape index (κ1) is 22.3. The summed E-state index contributed by atoms with van der Waals surface area (Å²) in [6.45, 7) is 3.16. The van der Waals surface area contributed by atoms with Gasteiger partial charge in [0.05, 0.1) is 12.0 Å². The van der Waals surface area contributed by atoms with E-state index in [1.807, 2.05) is 11.5 Å². The van der Waals surface area contributed by atoms with Crippen LogP contribution >= 0.6 is 11.8 Å². The number of carbonyl (C=O) groups excluding carboxylic acids is 1. The van der Waals surface area contributed by atoms with E-state index in [0.717, 1.165) is 16.5 Å². The molecule has 1 amide bonds. The van der Waals surface area contributed by atoms with Gasteiger partial charge in [0.1, 0.15) is 11.6 Å². The van der Waals surface area contributed by atoms with E-state index in [9.17, 15) is 14.9 Å². The minimum absolute atomic E-state index is 0.0736. The molecule has 1 N–H and O–H groups in total. The van der Waals surface area contributed by atoms with Gasteiger partial charge in [0.15, 0.2) is 5.16 Å². The quantitative estimate of drug-likeness (QED) is 0.291. The predicted molar refractivity (Wildman–Crippen MR) is 117 cm³/mol. The zero-order chi connectivity index (χ0) is 22.2. The molecule has 0 saturated heterocycles. The molecule has 0 bridgehead atoms. The van der Waals surface area contributed by atoms with Crippen LogP contribution in [0.5, 0.6) is 5.75 Å². The number of nitro groups is 1. The van der Waals surface area contributed by atoms with Crippen molar-refractivity contribution < 1.29 is 14.5 Å². The fraction of sp³-hybridized carbons (Fsp3) is 0.286. The fourth-order valence-corrected chi connectivity index (χ4v) is 3.90. The summed E-state index contributed by atoms with van der Waals surface area (Å²) in [6.07, 6.45) is 0.556. The molecular formula is C21H23N5O4S. The molecule has 0 aliphatic heterocycles. The molecule has 0 radical (unpaired) electrons. The lowest BCUT2D eigenvalue weighted by Gasteiger charge is -2.09. The fourth-order valence-electron chi connectivity index (χ4n) is 2.92. The number of methoxy groups -OCH3 is 1. The van der Waals surface area contributed by atoms with Crippen molar-refractivity contribution in [3.63, 3.8) is 0 Å². The molecule has 0 aliphatic rings. The third kappa shape index (κ3) is 5.82. The molecule has 0 unspecified atom stereocenters. The van der Waals surface area contributed by atoms with E-state index >= 15 is 0 Å². The van der Waals surface area contributed by atoms with Crippen LogP contribution in [0.3, 0.4) is 0 Å². The third-order valence-corrected chi connectivity index (χ3v) is 5.65. The number of nitro benzene ring substituents is 1. The van der Waals surface area contributed by atoms with Crippen LogP contribution in [0, 0.1) is 10.1 Å².